The molecule has 3 aromatic carbocycles. The number of benzene rings is 3. The summed E-state index contributed by atoms with van der Waals surface area (Å²) in [5, 5.41) is 14.3. The first-order valence-corrected chi connectivity index (χ1v) is 9.38. The molecule has 0 aliphatic rings. The number of aromatic nitrogens is 4. The molecule has 1 N–H and O–H groups in total. The lowest BCUT2D eigenvalue weighted by Gasteiger charge is -2.21. The van der Waals surface area contributed by atoms with Crippen LogP contribution in [0.3, 0.4) is 0 Å². The zero-order chi connectivity index (χ0) is 20.2. The van der Waals surface area contributed by atoms with Gasteiger partial charge in [0.1, 0.15) is 6.33 Å². The van der Waals surface area contributed by atoms with Crippen LogP contribution in [-0.2, 0) is 0 Å². The number of hydrogen-bond acceptors (Lipinski definition) is 4. The molecule has 1 amide bonds. The Labute approximate surface area is 169 Å². The second-order valence-corrected chi connectivity index (χ2v) is 6.96. The maximum Gasteiger partial charge on any atom is 0.252 e. The van der Waals surface area contributed by atoms with E-state index in [1.165, 1.54) is 17.5 Å². The van der Waals surface area contributed by atoms with Crippen LogP contribution in [0.1, 0.15) is 38.7 Å². The molecule has 0 bridgehead atoms. The molecule has 0 aliphatic carbocycles. The number of rotatable bonds is 5. The van der Waals surface area contributed by atoms with E-state index in [-0.39, 0.29) is 11.9 Å². The lowest BCUT2D eigenvalue weighted by atomic mass is 9.95. The van der Waals surface area contributed by atoms with E-state index in [4.69, 9.17) is 0 Å². The van der Waals surface area contributed by atoms with Crippen LogP contribution in [0, 0.1) is 13.8 Å². The molecule has 0 saturated heterocycles. The van der Waals surface area contributed by atoms with Crippen molar-refractivity contribution in [1.82, 2.24) is 25.5 Å². The van der Waals surface area contributed by atoms with E-state index >= 15 is 0 Å². The fourth-order valence-electron chi connectivity index (χ4n) is 3.21. The number of amides is 1. The van der Waals surface area contributed by atoms with Gasteiger partial charge in [0.25, 0.3) is 5.91 Å². The van der Waals surface area contributed by atoms with E-state index in [2.05, 4.69) is 52.9 Å². The number of nitrogens with one attached hydrogen (secondary N) is 1. The Morgan fingerprint density at radius 3 is 2.31 bits per heavy atom. The maximum absolute atomic E-state index is 13.0. The van der Waals surface area contributed by atoms with Gasteiger partial charge in [-0.25, -0.2) is 4.68 Å². The van der Waals surface area contributed by atoms with Crippen molar-refractivity contribution in [3.8, 4) is 5.69 Å². The largest absolute Gasteiger partial charge is 0.341 e. The Bertz CT molecular complexity index is 1110. The summed E-state index contributed by atoms with van der Waals surface area (Å²) in [6.07, 6.45) is 1.51. The molecule has 0 radical (unpaired) electrons. The highest BCUT2D eigenvalue weighted by Crippen LogP contribution is 2.24. The van der Waals surface area contributed by atoms with Crippen LogP contribution in [-0.4, -0.2) is 26.1 Å². The average Bonchev–Trinajstić information content (AvgIpc) is 3.30. The molecular formula is C23H21N5O. The monoisotopic (exact) mass is 383 g/mol. The molecule has 0 fully saturated rings. The lowest BCUT2D eigenvalue weighted by molar-refractivity contribution is 0.0943. The van der Waals surface area contributed by atoms with Crippen LogP contribution in [0.5, 0.6) is 0 Å². The molecule has 1 aromatic heterocycles. The lowest BCUT2D eigenvalue weighted by Crippen LogP contribution is -2.29. The fourth-order valence-corrected chi connectivity index (χ4v) is 3.21. The summed E-state index contributed by atoms with van der Waals surface area (Å²) in [5.41, 5.74) is 5.88. The van der Waals surface area contributed by atoms with Gasteiger partial charge in [-0.2, -0.15) is 0 Å². The minimum atomic E-state index is -0.234. The summed E-state index contributed by atoms with van der Waals surface area (Å²) in [6.45, 7) is 4.17. The van der Waals surface area contributed by atoms with Gasteiger partial charge in [-0.15, -0.1) is 5.10 Å². The number of tetrazole rings is 1. The number of nitrogens with zero attached hydrogens (tertiary/aromatic N) is 4. The van der Waals surface area contributed by atoms with E-state index < -0.39 is 0 Å². The Hall–Kier alpha value is -3.80. The quantitative estimate of drug-likeness (QED) is 0.569. The van der Waals surface area contributed by atoms with Crippen molar-refractivity contribution in [2.45, 2.75) is 19.9 Å². The fraction of sp³-hybridized carbons (Fsp3) is 0.130. The molecule has 6 heteroatoms. The number of carbonyl (C=O) groups is 1. The van der Waals surface area contributed by atoms with Crippen LogP contribution < -0.4 is 5.32 Å². The highest BCUT2D eigenvalue weighted by Gasteiger charge is 2.18. The summed E-state index contributed by atoms with van der Waals surface area (Å²) < 4.78 is 1.55. The second kappa shape index (κ2) is 8.06. The summed E-state index contributed by atoms with van der Waals surface area (Å²) in [5.74, 6) is -0.139. The van der Waals surface area contributed by atoms with Gasteiger partial charge in [-0.1, -0.05) is 48.5 Å². The summed E-state index contributed by atoms with van der Waals surface area (Å²) >= 11 is 0. The normalized spacial score (nSPS) is 11.8. The molecule has 144 valence electrons. The topological polar surface area (TPSA) is 72.7 Å². The van der Waals surface area contributed by atoms with Crippen molar-refractivity contribution in [2.75, 3.05) is 0 Å². The van der Waals surface area contributed by atoms with Gasteiger partial charge in [0, 0.05) is 5.56 Å². The van der Waals surface area contributed by atoms with Crippen molar-refractivity contribution in [2.24, 2.45) is 0 Å². The minimum Gasteiger partial charge on any atom is -0.341 e. The summed E-state index contributed by atoms with van der Waals surface area (Å²) in [6, 6.07) is 23.2. The molecule has 4 aromatic rings. The van der Waals surface area contributed by atoms with Gasteiger partial charge in [0.15, 0.2) is 0 Å². The Balaban J connectivity index is 1.62. The van der Waals surface area contributed by atoms with Gasteiger partial charge in [-0.3, -0.25) is 4.79 Å². The van der Waals surface area contributed by atoms with E-state index in [1.54, 1.807) is 16.8 Å². The highest BCUT2D eigenvalue weighted by molar-refractivity contribution is 5.94. The molecule has 1 heterocycles. The van der Waals surface area contributed by atoms with Crippen LogP contribution in [0.2, 0.25) is 0 Å². The average molecular weight is 383 g/mol. The van der Waals surface area contributed by atoms with Crippen molar-refractivity contribution in [1.29, 1.82) is 0 Å². The molecule has 29 heavy (non-hydrogen) atoms. The van der Waals surface area contributed by atoms with Crippen molar-refractivity contribution < 1.29 is 4.79 Å². The van der Waals surface area contributed by atoms with E-state index in [0.717, 1.165) is 16.8 Å². The Morgan fingerprint density at radius 1 is 0.897 bits per heavy atom. The third-order valence-corrected chi connectivity index (χ3v) is 5.02. The number of carbonyl (C=O) groups excluding carboxylic acids is 1. The van der Waals surface area contributed by atoms with Crippen LogP contribution in [0.4, 0.5) is 0 Å². The van der Waals surface area contributed by atoms with Crippen LogP contribution in [0.25, 0.3) is 5.69 Å². The summed E-state index contributed by atoms with van der Waals surface area (Å²) in [7, 11) is 0. The highest BCUT2D eigenvalue weighted by atomic mass is 16.1. The van der Waals surface area contributed by atoms with Gasteiger partial charge in [-0.05, 0) is 70.8 Å². The number of hydrogen-bond donors (Lipinski definition) is 1. The van der Waals surface area contributed by atoms with Gasteiger partial charge in [0.05, 0.1) is 11.7 Å². The second-order valence-electron chi connectivity index (χ2n) is 6.96. The molecule has 6 nitrogen and oxygen atoms in total. The van der Waals surface area contributed by atoms with Crippen molar-refractivity contribution >= 4 is 5.91 Å². The first-order chi connectivity index (χ1) is 14.1. The van der Waals surface area contributed by atoms with Crippen LogP contribution >= 0.6 is 0 Å². The molecule has 4 rings (SSSR count). The third kappa shape index (κ3) is 4.06. The molecule has 0 aliphatic heterocycles. The molecule has 0 saturated carbocycles. The van der Waals surface area contributed by atoms with Gasteiger partial charge in [0.2, 0.25) is 0 Å². The van der Waals surface area contributed by atoms with Gasteiger partial charge >= 0.3 is 0 Å². The maximum atomic E-state index is 13.0. The SMILES string of the molecule is Cc1ccc([C@H](NC(=O)c2ccc(-n3cnnn3)cc2)c2ccccc2)cc1C. The molecular weight excluding hydrogens is 362 g/mol. The zero-order valence-corrected chi connectivity index (χ0v) is 16.3. The van der Waals surface area contributed by atoms with Crippen molar-refractivity contribution in [3.05, 3.63) is 107 Å². The predicted octanol–water partition coefficient (Wildman–Crippen LogP) is 3.80. The zero-order valence-electron chi connectivity index (χ0n) is 16.3. The molecule has 1 atom stereocenters. The van der Waals surface area contributed by atoms with E-state index in [1.807, 2.05) is 42.5 Å². The first kappa shape index (κ1) is 18.6. The summed E-state index contributed by atoms with van der Waals surface area (Å²) in [4.78, 5) is 13.0. The van der Waals surface area contributed by atoms with Gasteiger partial charge < -0.3 is 5.32 Å². The molecule has 0 spiro atoms. The standard InChI is InChI=1S/C23H21N5O/c1-16-8-9-20(14-17(16)2)22(18-6-4-3-5-7-18)25-23(29)19-10-12-21(13-11-19)28-15-24-26-27-28/h3-15,22H,1-2H3,(H,25,29)/t22-/m1/s1. The first-order valence-electron chi connectivity index (χ1n) is 9.38. The Morgan fingerprint density at radius 2 is 1.66 bits per heavy atom. The van der Waals surface area contributed by atoms with Crippen molar-refractivity contribution in [3.63, 3.8) is 0 Å². The predicted molar refractivity (Wildman–Crippen MR) is 111 cm³/mol. The number of aryl methyl sites for hydroxylation is 2. The van der Waals surface area contributed by atoms with Crippen LogP contribution in [0.15, 0.2) is 79.1 Å². The minimum absolute atomic E-state index is 0.139. The van der Waals surface area contributed by atoms with E-state index in [9.17, 15) is 4.79 Å². The smallest absolute Gasteiger partial charge is 0.252 e. The Kier molecular flexibility index (Phi) is 5.16. The molecule has 0 unspecified atom stereocenters. The third-order valence-electron chi connectivity index (χ3n) is 5.02. The van der Waals surface area contributed by atoms with E-state index in [0.29, 0.717) is 5.56 Å².